The van der Waals surface area contributed by atoms with Gasteiger partial charge < -0.3 is 5.32 Å². The third-order valence-electron chi connectivity index (χ3n) is 5.79. The molecule has 0 bridgehead atoms. The molecule has 0 radical (unpaired) electrons. The molecule has 136 valence electrons. The Labute approximate surface area is 155 Å². The van der Waals surface area contributed by atoms with Gasteiger partial charge in [0, 0.05) is 37.2 Å². The van der Waals surface area contributed by atoms with Crippen molar-refractivity contribution in [2.45, 2.75) is 31.5 Å². The number of anilines is 1. The van der Waals surface area contributed by atoms with Gasteiger partial charge in [-0.3, -0.25) is 19.6 Å². The number of para-hydroxylation sites is 1. The summed E-state index contributed by atoms with van der Waals surface area (Å²) in [6.45, 7) is 3.08. The van der Waals surface area contributed by atoms with Crippen molar-refractivity contribution < 1.29 is 4.79 Å². The van der Waals surface area contributed by atoms with Crippen LogP contribution in [0.2, 0.25) is 0 Å². The quantitative estimate of drug-likeness (QED) is 0.921. The first-order chi connectivity index (χ1) is 12.7. The molecule has 26 heavy (non-hydrogen) atoms. The van der Waals surface area contributed by atoms with Crippen LogP contribution < -0.4 is 5.32 Å². The maximum Gasteiger partial charge on any atom is 0.241 e. The lowest BCUT2D eigenvalue weighted by Crippen LogP contribution is -2.46. The molecule has 2 aliphatic rings. The van der Waals surface area contributed by atoms with E-state index in [4.69, 9.17) is 0 Å². The number of hydrogen-bond donors (Lipinski definition) is 1. The SMILES string of the molecule is CN1C(C(=O)Nc2ccccc2)CC2CN(Cc3cccnc3)CCC21. The Kier molecular flexibility index (Phi) is 5.00. The first-order valence-electron chi connectivity index (χ1n) is 9.40. The average molecular weight is 350 g/mol. The molecule has 1 aromatic heterocycles. The summed E-state index contributed by atoms with van der Waals surface area (Å²) < 4.78 is 0. The van der Waals surface area contributed by atoms with E-state index in [-0.39, 0.29) is 11.9 Å². The van der Waals surface area contributed by atoms with Crippen LogP contribution in [0.25, 0.3) is 0 Å². The lowest BCUT2D eigenvalue weighted by molar-refractivity contribution is -0.120. The van der Waals surface area contributed by atoms with E-state index in [1.165, 1.54) is 5.56 Å². The molecule has 0 spiro atoms. The third-order valence-corrected chi connectivity index (χ3v) is 5.79. The van der Waals surface area contributed by atoms with Crippen LogP contribution in [0, 0.1) is 5.92 Å². The topological polar surface area (TPSA) is 48.5 Å². The van der Waals surface area contributed by atoms with Gasteiger partial charge in [0.25, 0.3) is 0 Å². The van der Waals surface area contributed by atoms with E-state index in [1.807, 2.05) is 48.8 Å². The number of likely N-dealkylation sites (N-methyl/N-ethyl adjacent to an activating group) is 1. The molecule has 2 fully saturated rings. The Morgan fingerprint density at radius 2 is 2.08 bits per heavy atom. The fraction of sp³-hybridized carbons (Fsp3) is 0.429. The summed E-state index contributed by atoms with van der Waals surface area (Å²) >= 11 is 0. The molecule has 5 nitrogen and oxygen atoms in total. The van der Waals surface area contributed by atoms with Crippen LogP contribution in [0.4, 0.5) is 5.69 Å². The van der Waals surface area contributed by atoms with Crippen LogP contribution in [0.15, 0.2) is 54.9 Å². The average Bonchev–Trinajstić information content (AvgIpc) is 3.00. The Bertz CT molecular complexity index is 736. The molecule has 2 aliphatic heterocycles. The second-order valence-corrected chi connectivity index (χ2v) is 7.48. The molecular formula is C21H26N4O. The van der Waals surface area contributed by atoms with Crippen LogP contribution in [-0.2, 0) is 11.3 Å². The predicted octanol–water partition coefficient (Wildman–Crippen LogP) is 2.61. The molecule has 1 N–H and O–H groups in total. The summed E-state index contributed by atoms with van der Waals surface area (Å²) in [6, 6.07) is 14.3. The van der Waals surface area contributed by atoms with Crippen molar-refractivity contribution in [3.05, 3.63) is 60.4 Å². The fourth-order valence-electron chi connectivity index (χ4n) is 4.48. The van der Waals surface area contributed by atoms with E-state index in [0.717, 1.165) is 38.2 Å². The van der Waals surface area contributed by atoms with E-state index in [1.54, 1.807) is 0 Å². The Morgan fingerprint density at radius 1 is 1.23 bits per heavy atom. The number of piperidine rings is 1. The number of fused-ring (bicyclic) bond motifs is 1. The molecule has 3 atom stereocenters. The number of carbonyl (C=O) groups is 1. The smallest absolute Gasteiger partial charge is 0.241 e. The number of likely N-dealkylation sites (tertiary alicyclic amines) is 2. The van der Waals surface area contributed by atoms with Crippen LogP contribution in [0.5, 0.6) is 0 Å². The Balaban J connectivity index is 1.38. The summed E-state index contributed by atoms with van der Waals surface area (Å²) in [5, 5.41) is 3.07. The summed E-state index contributed by atoms with van der Waals surface area (Å²) in [5.74, 6) is 0.670. The number of rotatable bonds is 4. The molecule has 0 saturated carbocycles. The van der Waals surface area contributed by atoms with Gasteiger partial charge in [-0.1, -0.05) is 24.3 Å². The van der Waals surface area contributed by atoms with Gasteiger partial charge in [0.05, 0.1) is 6.04 Å². The molecule has 2 saturated heterocycles. The van der Waals surface area contributed by atoms with Gasteiger partial charge in [-0.05, 0) is 56.1 Å². The van der Waals surface area contributed by atoms with E-state index in [2.05, 4.69) is 33.2 Å². The van der Waals surface area contributed by atoms with Crippen molar-refractivity contribution >= 4 is 11.6 Å². The first kappa shape index (κ1) is 17.2. The maximum absolute atomic E-state index is 12.8. The molecule has 3 heterocycles. The lowest BCUT2D eigenvalue weighted by Gasteiger charge is -2.37. The van der Waals surface area contributed by atoms with Gasteiger partial charge in [0.1, 0.15) is 0 Å². The van der Waals surface area contributed by atoms with E-state index < -0.39 is 0 Å². The highest BCUT2D eigenvalue weighted by Crippen LogP contribution is 2.35. The predicted molar refractivity (Wildman–Crippen MR) is 103 cm³/mol. The maximum atomic E-state index is 12.8. The van der Waals surface area contributed by atoms with Crippen molar-refractivity contribution in [3.63, 3.8) is 0 Å². The molecule has 1 aromatic carbocycles. The van der Waals surface area contributed by atoms with Crippen LogP contribution in [0.3, 0.4) is 0 Å². The zero-order chi connectivity index (χ0) is 17.9. The van der Waals surface area contributed by atoms with Gasteiger partial charge in [0.15, 0.2) is 0 Å². The van der Waals surface area contributed by atoms with Crippen LogP contribution in [-0.4, -0.2) is 52.9 Å². The number of amides is 1. The van der Waals surface area contributed by atoms with Gasteiger partial charge in [-0.15, -0.1) is 0 Å². The van der Waals surface area contributed by atoms with Crippen LogP contribution in [0.1, 0.15) is 18.4 Å². The number of pyridine rings is 1. The van der Waals surface area contributed by atoms with E-state index in [9.17, 15) is 4.79 Å². The standard InChI is InChI=1S/C21H26N4O/c1-24-19-9-11-25(14-16-6-5-10-22-13-16)15-17(19)12-20(24)21(26)23-18-7-3-2-4-8-18/h2-8,10,13,17,19-20H,9,11-12,14-15H2,1H3,(H,23,26). The summed E-state index contributed by atoms with van der Waals surface area (Å²) in [4.78, 5) is 21.8. The summed E-state index contributed by atoms with van der Waals surface area (Å²) in [5.41, 5.74) is 2.13. The first-order valence-corrected chi connectivity index (χ1v) is 9.40. The summed E-state index contributed by atoms with van der Waals surface area (Å²) in [7, 11) is 2.11. The zero-order valence-corrected chi connectivity index (χ0v) is 15.2. The van der Waals surface area contributed by atoms with Crippen molar-refractivity contribution in [2.24, 2.45) is 5.92 Å². The minimum atomic E-state index is -0.0384. The molecule has 0 aliphatic carbocycles. The lowest BCUT2D eigenvalue weighted by atomic mass is 9.92. The summed E-state index contributed by atoms with van der Waals surface area (Å²) in [6.07, 6.45) is 5.82. The Hall–Kier alpha value is -2.24. The zero-order valence-electron chi connectivity index (χ0n) is 15.2. The highest BCUT2D eigenvalue weighted by Gasteiger charge is 2.44. The number of nitrogens with one attached hydrogen (secondary N) is 1. The van der Waals surface area contributed by atoms with Crippen molar-refractivity contribution in [3.8, 4) is 0 Å². The second kappa shape index (κ2) is 7.56. The third kappa shape index (κ3) is 3.64. The van der Waals surface area contributed by atoms with Crippen molar-refractivity contribution in [1.29, 1.82) is 0 Å². The van der Waals surface area contributed by atoms with Gasteiger partial charge >= 0.3 is 0 Å². The molecule has 5 heteroatoms. The normalized spacial score (nSPS) is 26.4. The van der Waals surface area contributed by atoms with Gasteiger partial charge in [-0.25, -0.2) is 0 Å². The Morgan fingerprint density at radius 3 is 2.85 bits per heavy atom. The second-order valence-electron chi connectivity index (χ2n) is 7.48. The molecular weight excluding hydrogens is 324 g/mol. The van der Waals surface area contributed by atoms with Crippen LogP contribution >= 0.6 is 0 Å². The van der Waals surface area contributed by atoms with E-state index in [0.29, 0.717) is 12.0 Å². The monoisotopic (exact) mass is 350 g/mol. The highest BCUT2D eigenvalue weighted by molar-refractivity contribution is 5.95. The molecule has 4 rings (SSSR count). The molecule has 2 aromatic rings. The minimum Gasteiger partial charge on any atom is -0.325 e. The highest BCUT2D eigenvalue weighted by atomic mass is 16.2. The largest absolute Gasteiger partial charge is 0.325 e. The number of nitrogens with zero attached hydrogens (tertiary/aromatic N) is 3. The van der Waals surface area contributed by atoms with Gasteiger partial charge in [-0.2, -0.15) is 0 Å². The molecule has 3 unspecified atom stereocenters. The van der Waals surface area contributed by atoms with Crippen molar-refractivity contribution in [1.82, 2.24) is 14.8 Å². The molecule has 1 amide bonds. The number of aromatic nitrogens is 1. The minimum absolute atomic E-state index is 0.0384. The van der Waals surface area contributed by atoms with Gasteiger partial charge in [0.2, 0.25) is 5.91 Å². The number of benzene rings is 1. The number of carbonyl (C=O) groups excluding carboxylic acids is 1. The van der Waals surface area contributed by atoms with Crippen molar-refractivity contribution in [2.75, 3.05) is 25.5 Å². The van der Waals surface area contributed by atoms with E-state index >= 15 is 0 Å². The number of hydrogen-bond acceptors (Lipinski definition) is 4. The fourth-order valence-corrected chi connectivity index (χ4v) is 4.48.